The van der Waals surface area contributed by atoms with Gasteiger partial charge in [0.05, 0.1) is 5.69 Å². The van der Waals surface area contributed by atoms with Gasteiger partial charge in [-0.15, -0.1) is 22.0 Å². The third-order valence-electron chi connectivity index (χ3n) is 2.48. The third-order valence-corrected chi connectivity index (χ3v) is 3.27. The summed E-state index contributed by atoms with van der Waals surface area (Å²) in [5, 5.41) is 18.0. The first kappa shape index (κ1) is 12.6. The second-order valence-corrected chi connectivity index (χ2v) is 4.71. The number of benzene rings is 2. The number of azo groups is 1. The van der Waals surface area contributed by atoms with Crippen molar-refractivity contribution < 1.29 is 5.11 Å². The van der Waals surface area contributed by atoms with Gasteiger partial charge in [0.15, 0.2) is 0 Å². The molecule has 18 heavy (non-hydrogen) atoms. The van der Waals surface area contributed by atoms with Crippen molar-refractivity contribution in [2.75, 3.05) is 6.26 Å². The summed E-state index contributed by atoms with van der Waals surface area (Å²) < 4.78 is 0. The van der Waals surface area contributed by atoms with E-state index in [0.717, 1.165) is 16.1 Å². The van der Waals surface area contributed by atoms with Crippen LogP contribution < -0.4 is 0 Å². The van der Waals surface area contributed by atoms with Gasteiger partial charge in [0.25, 0.3) is 0 Å². The predicted molar refractivity (Wildman–Crippen MR) is 75.2 cm³/mol. The number of hydrogen-bond donors (Lipinski definition) is 1. The topological polar surface area (TPSA) is 45.0 Å². The summed E-state index contributed by atoms with van der Waals surface area (Å²) in [5.74, 6) is 0.144. The Morgan fingerprint density at radius 1 is 1.00 bits per heavy atom. The molecule has 0 radical (unpaired) electrons. The first-order valence-electron chi connectivity index (χ1n) is 5.55. The normalized spacial score (nSPS) is 11.0. The summed E-state index contributed by atoms with van der Waals surface area (Å²) in [6.45, 7) is 1.95. The van der Waals surface area contributed by atoms with Crippen LogP contribution in [-0.2, 0) is 0 Å². The SMILES string of the molecule is CSc1ccccc1N=Nc1cc(C)ccc1O. The molecule has 2 aromatic carbocycles. The Kier molecular flexibility index (Phi) is 3.99. The highest BCUT2D eigenvalue weighted by atomic mass is 32.2. The smallest absolute Gasteiger partial charge is 0.143 e. The van der Waals surface area contributed by atoms with Crippen molar-refractivity contribution in [1.82, 2.24) is 0 Å². The molecule has 0 fully saturated rings. The third kappa shape index (κ3) is 2.90. The van der Waals surface area contributed by atoms with Gasteiger partial charge in [-0.05, 0) is 43.0 Å². The molecule has 4 heteroatoms. The lowest BCUT2D eigenvalue weighted by atomic mass is 10.2. The first-order chi connectivity index (χ1) is 8.70. The minimum absolute atomic E-state index is 0.144. The molecule has 0 spiro atoms. The van der Waals surface area contributed by atoms with Crippen molar-refractivity contribution in [3.63, 3.8) is 0 Å². The summed E-state index contributed by atoms with van der Waals surface area (Å²) in [6, 6.07) is 13.1. The quantitative estimate of drug-likeness (QED) is 0.632. The molecule has 1 N–H and O–H groups in total. The molecule has 0 heterocycles. The molecule has 0 amide bonds. The van der Waals surface area contributed by atoms with E-state index in [4.69, 9.17) is 0 Å². The highest BCUT2D eigenvalue weighted by Crippen LogP contribution is 2.32. The van der Waals surface area contributed by atoms with Crippen molar-refractivity contribution in [2.45, 2.75) is 11.8 Å². The van der Waals surface area contributed by atoms with Crippen molar-refractivity contribution in [3.8, 4) is 5.75 Å². The molecule has 0 aromatic heterocycles. The fraction of sp³-hybridized carbons (Fsp3) is 0.143. The Balaban J connectivity index is 2.33. The zero-order valence-corrected chi connectivity index (χ0v) is 11.1. The van der Waals surface area contributed by atoms with Gasteiger partial charge in [-0.2, -0.15) is 0 Å². The molecule has 0 saturated carbocycles. The van der Waals surface area contributed by atoms with Crippen LogP contribution in [0.4, 0.5) is 11.4 Å². The van der Waals surface area contributed by atoms with Crippen LogP contribution in [0.1, 0.15) is 5.56 Å². The van der Waals surface area contributed by atoms with Gasteiger partial charge in [-0.25, -0.2) is 0 Å². The van der Waals surface area contributed by atoms with E-state index < -0.39 is 0 Å². The minimum atomic E-state index is 0.144. The maximum Gasteiger partial charge on any atom is 0.143 e. The summed E-state index contributed by atoms with van der Waals surface area (Å²) in [6.07, 6.45) is 2.00. The maximum absolute atomic E-state index is 9.68. The van der Waals surface area contributed by atoms with E-state index in [-0.39, 0.29) is 5.75 Å². The molecule has 0 aliphatic rings. The van der Waals surface area contributed by atoms with E-state index in [1.807, 2.05) is 43.5 Å². The first-order valence-corrected chi connectivity index (χ1v) is 6.77. The zero-order chi connectivity index (χ0) is 13.0. The van der Waals surface area contributed by atoms with Crippen LogP contribution in [0.15, 0.2) is 57.6 Å². The van der Waals surface area contributed by atoms with Crippen LogP contribution in [0.2, 0.25) is 0 Å². The molecule has 92 valence electrons. The lowest BCUT2D eigenvalue weighted by Crippen LogP contribution is -1.73. The van der Waals surface area contributed by atoms with E-state index in [1.54, 1.807) is 23.9 Å². The molecule has 0 saturated heterocycles. The van der Waals surface area contributed by atoms with Gasteiger partial charge >= 0.3 is 0 Å². The number of aryl methyl sites for hydroxylation is 1. The Hall–Kier alpha value is -1.81. The van der Waals surface area contributed by atoms with Gasteiger partial charge in [0.1, 0.15) is 11.4 Å². The minimum Gasteiger partial charge on any atom is -0.506 e. The highest BCUT2D eigenvalue weighted by molar-refractivity contribution is 7.98. The number of thioether (sulfide) groups is 1. The maximum atomic E-state index is 9.68. The zero-order valence-electron chi connectivity index (χ0n) is 10.3. The fourth-order valence-corrected chi connectivity index (χ4v) is 2.07. The van der Waals surface area contributed by atoms with Crippen LogP contribution in [0.5, 0.6) is 5.75 Å². The average Bonchev–Trinajstić information content (AvgIpc) is 2.40. The van der Waals surface area contributed by atoms with Crippen molar-refractivity contribution >= 4 is 23.1 Å². The standard InChI is InChI=1S/C14H14N2OS/c1-10-7-8-13(17)12(9-10)16-15-11-5-3-4-6-14(11)18-2/h3-9,17H,1-2H3. The van der Waals surface area contributed by atoms with Crippen LogP contribution in [0.3, 0.4) is 0 Å². The Morgan fingerprint density at radius 3 is 2.50 bits per heavy atom. The summed E-state index contributed by atoms with van der Waals surface area (Å²) in [5.41, 5.74) is 2.34. The molecule has 0 aliphatic carbocycles. The molecule has 0 aliphatic heterocycles. The summed E-state index contributed by atoms with van der Waals surface area (Å²) in [4.78, 5) is 1.06. The Labute approximate surface area is 111 Å². The van der Waals surface area contributed by atoms with E-state index in [1.165, 1.54) is 0 Å². The van der Waals surface area contributed by atoms with Gasteiger partial charge < -0.3 is 5.11 Å². The number of phenolic OH excluding ortho intramolecular Hbond substituents is 1. The van der Waals surface area contributed by atoms with Gasteiger partial charge in [0.2, 0.25) is 0 Å². The van der Waals surface area contributed by atoms with E-state index in [0.29, 0.717) is 5.69 Å². The number of phenols is 1. The van der Waals surface area contributed by atoms with Crippen molar-refractivity contribution in [1.29, 1.82) is 0 Å². The number of aromatic hydroxyl groups is 1. The molecule has 0 atom stereocenters. The van der Waals surface area contributed by atoms with Crippen molar-refractivity contribution in [3.05, 3.63) is 48.0 Å². The highest BCUT2D eigenvalue weighted by Gasteiger charge is 2.01. The Morgan fingerprint density at radius 2 is 1.72 bits per heavy atom. The summed E-state index contributed by atoms with van der Waals surface area (Å²) >= 11 is 1.62. The second kappa shape index (κ2) is 5.69. The molecule has 3 nitrogen and oxygen atoms in total. The second-order valence-electron chi connectivity index (χ2n) is 3.86. The number of rotatable bonds is 3. The van der Waals surface area contributed by atoms with Crippen LogP contribution in [0, 0.1) is 6.92 Å². The van der Waals surface area contributed by atoms with Gasteiger partial charge in [-0.3, -0.25) is 0 Å². The number of hydrogen-bond acceptors (Lipinski definition) is 4. The molecule has 0 unspecified atom stereocenters. The number of nitrogens with zero attached hydrogens (tertiary/aromatic N) is 2. The van der Waals surface area contributed by atoms with Crippen LogP contribution in [-0.4, -0.2) is 11.4 Å². The Bertz CT molecular complexity index is 582. The molecular weight excluding hydrogens is 244 g/mol. The van der Waals surface area contributed by atoms with E-state index in [9.17, 15) is 5.11 Å². The monoisotopic (exact) mass is 258 g/mol. The van der Waals surface area contributed by atoms with Gasteiger partial charge in [0, 0.05) is 4.90 Å². The van der Waals surface area contributed by atoms with E-state index in [2.05, 4.69) is 10.2 Å². The van der Waals surface area contributed by atoms with Crippen LogP contribution >= 0.6 is 11.8 Å². The van der Waals surface area contributed by atoms with Crippen LogP contribution in [0.25, 0.3) is 0 Å². The molecule has 2 rings (SSSR count). The van der Waals surface area contributed by atoms with Gasteiger partial charge in [-0.1, -0.05) is 18.2 Å². The molecular formula is C14H14N2OS. The molecule has 0 bridgehead atoms. The lowest BCUT2D eigenvalue weighted by Gasteiger charge is -2.01. The predicted octanol–water partition coefficient (Wildman–Crippen LogP) is 4.84. The lowest BCUT2D eigenvalue weighted by molar-refractivity contribution is 0.476. The largest absolute Gasteiger partial charge is 0.506 e. The summed E-state index contributed by atoms with van der Waals surface area (Å²) in [7, 11) is 0. The average molecular weight is 258 g/mol. The molecule has 2 aromatic rings. The fourth-order valence-electron chi connectivity index (χ4n) is 1.53. The van der Waals surface area contributed by atoms with E-state index >= 15 is 0 Å². The van der Waals surface area contributed by atoms with Crippen molar-refractivity contribution in [2.24, 2.45) is 10.2 Å².